The van der Waals surface area contributed by atoms with E-state index in [4.69, 9.17) is 22.4 Å². The van der Waals surface area contributed by atoms with Crippen LogP contribution in [0.2, 0.25) is 0 Å². The molecule has 0 aliphatic rings. The van der Waals surface area contributed by atoms with Crippen molar-refractivity contribution >= 4 is 33.1 Å². The Bertz CT molecular complexity index is 548. The summed E-state index contributed by atoms with van der Waals surface area (Å²) < 4.78 is 6.55. The summed E-state index contributed by atoms with van der Waals surface area (Å²) in [4.78, 5) is 0.273. The molecule has 2 rings (SSSR count). The van der Waals surface area contributed by atoms with Crippen molar-refractivity contribution in [3.63, 3.8) is 0 Å². The van der Waals surface area contributed by atoms with Gasteiger partial charge in [-0.2, -0.15) is 0 Å². The third-order valence-corrected chi connectivity index (χ3v) is 3.10. The number of thiocarbonyl (C=S) groups is 1. The summed E-state index contributed by atoms with van der Waals surface area (Å²) in [6, 6.07) is 9.72. The van der Waals surface area contributed by atoms with Gasteiger partial charge in [0, 0.05) is 10.0 Å². The normalized spacial score (nSPS) is 10.4. The maximum absolute atomic E-state index is 5.56. The van der Waals surface area contributed by atoms with Crippen molar-refractivity contribution in [1.29, 1.82) is 0 Å². The van der Waals surface area contributed by atoms with Crippen LogP contribution in [0.3, 0.4) is 0 Å². The van der Waals surface area contributed by atoms with Gasteiger partial charge in [-0.15, -0.1) is 0 Å². The van der Waals surface area contributed by atoms with Crippen molar-refractivity contribution in [2.24, 2.45) is 5.73 Å². The molecule has 0 saturated heterocycles. The lowest BCUT2D eigenvalue weighted by molar-refractivity contribution is 0.573. The van der Waals surface area contributed by atoms with Gasteiger partial charge in [-0.05, 0) is 36.8 Å². The average molecular weight is 296 g/mol. The highest BCUT2D eigenvalue weighted by Gasteiger charge is 2.09. The lowest BCUT2D eigenvalue weighted by Crippen LogP contribution is -2.07. The molecule has 2 aromatic rings. The smallest absolute Gasteiger partial charge is 0.161 e. The van der Waals surface area contributed by atoms with E-state index in [-0.39, 0.29) is 4.99 Å². The summed E-state index contributed by atoms with van der Waals surface area (Å²) >= 11 is 8.36. The fraction of sp³-hybridized carbons (Fsp3) is 0.0833. The van der Waals surface area contributed by atoms with Crippen molar-refractivity contribution in [2.45, 2.75) is 6.92 Å². The first-order valence-corrected chi connectivity index (χ1v) is 5.94. The number of rotatable bonds is 2. The average Bonchev–Trinajstić information content (AvgIpc) is 2.66. The largest absolute Gasteiger partial charge is 0.454 e. The lowest BCUT2D eigenvalue weighted by atomic mass is 10.1. The molecular weight excluding hydrogens is 286 g/mol. The van der Waals surface area contributed by atoms with Gasteiger partial charge in [0.25, 0.3) is 0 Å². The molecule has 0 fully saturated rings. The standard InChI is InChI=1S/C12H10BrNOS/c1-7-2-3-8(9(13)6-7)10-4-5-11(15-10)12(14)16/h2-6H,1H3,(H2,14,16). The number of benzene rings is 1. The Labute approximate surface area is 108 Å². The van der Waals surface area contributed by atoms with Crippen LogP contribution in [0, 0.1) is 6.92 Å². The van der Waals surface area contributed by atoms with Gasteiger partial charge in [0.1, 0.15) is 10.7 Å². The summed E-state index contributed by atoms with van der Waals surface area (Å²) in [6.45, 7) is 2.04. The van der Waals surface area contributed by atoms with E-state index in [1.165, 1.54) is 5.56 Å². The van der Waals surface area contributed by atoms with Crippen LogP contribution < -0.4 is 5.73 Å². The van der Waals surface area contributed by atoms with Gasteiger partial charge < -0.3 is 10.2 Å². The van der Waals surface area contributed by atoms with E-state index >= 15 is 0 Å². The first kappa shape index (κ1) is 11.4. The topological polar surface area (TPSA) is 39.2 Å². The van der Waals surface area contributed by atoms with Crippen LogP contribution in [0.1, 0.15) is 11.3 Å². The minimum absolute atomic E-state index is 0.273. The van der Waals surface area contributed by atoms with Crippen molar-refractivity contribution in [3.05, 3.63) is 46.1 Å². The van der Waals surface area contributed by atoms with Crippen LogP contribution in [0.15, 0.2) is 39.2 Å². The van der Waals surface area contributed by atoms with Crippen LogP contribution in [-0.2, 0) is 0 Å². The number of halogens is 1. The first-order valence-electron chi connectivity index (χ1n) is 4.74. The molecule has 0 saturated carbocycles. The van der Waals surface area contributed by atoms with Gasteiger partial charge >= 0.3 is 0 Å². The first-order chi connectivity index (χ1) is 7.58. The summed E-state index contributed by atoms with van der Waals surface area (Å²) in [5.41, 5.74) is 7.68. The second-order valence-corrected chi connectivity index (χ2v) is 4.81. The number of nitrogens with two attached hydrogens (primary N) is 1. The number of aryl methyl sites for hydroxylation is 1. The van der Waals surface area contributed by atoms with Crippen molar-refractivity contribution in [1.82, 2.24) is 0 Å². The molecule has 16 heavy (non-hydrogen) atoms. The molecule has 0 bridgehead atoms. The van der Waals surface area contributed by atoms with Crippen LogP contribution in [0.5, 0.6) is 0 Å². The van der Waals surface area contributed by atoms with Crippen LogP contribution >= 0.6 is 28.1 Å². The van der Waals surface area contributed by atoms with E-state index in [0.29, 0.717) is 5.76 Å². The maximum Gasteiger partial charge on any atom is 0.161 e. The van der Waals surface area contributed by atoms with E-state index in [1.54, 1.807) is 6.07 Å². The molecule has 2 N–H and O–H groups in total. The summed E-state index contributed by atoms with van der Waals surface area (Å²) in [5, 5.41) is 0. The molecule has 1 heterocycles. The quantitative estimate of drug-likeness (QED) is 0.860. The Balaban J connectivity index is 2.46. The van der Waals surface area contributed by atoms with E-state index in [0.717, 1.165) is 15.8 Å². The van der Waals surface area contributed by atoms with Gasteiger partial charge in [0.15, 0.2) is 5.76 Å². The lowest BCUT2D eigenvalue weighted by Gasteiger charge is -2.02. The molecule has 0 unspecified atom stereocenters. The molecule has 0 aliphatic carbocycles. The summed E-state index contributed by atoms with van der Waals surface area (Å²) in [5.74, 6) is 1.30. The Hall–Kier alpha value is -1.13. The molecule has 0 amide bonds. The fourth-order valence-electron chi connectivity index (χ4n) is 1.44. The molecule has 0 spiro atoms. The zero-order valence-corrected chi connectivity index (χ0v) is 11.1. The number of hydrogen-bond donors (Lipinski definition) is 1. The molecular formula is C12H10BrNOS. The highest BCUT2D eigenvalue weighted by molar-refractivity contribution is 9.10. The molecule has 0 radical (unpaired) electrons. The molecule has 1 aromatic heterocycles. The van der Waals surface area contributed by atoms with Crippen LogP contribution in [0.4, 0.5) is 0 Å². The van der Waals surface area contributed by atoms with Gasteiger partial charge in [-0.25, -0.2) is 0 Å². The Kier molecular flexibility index (Phi) is 3.12. The van der Waals surface area contributed by atoms with Crippen LogP contribution in [-0.4, -0.2) is 4.99 Å². The Morgan fingerprint density at radius 2 is 2.06 bits per heavy atom. The molecule has 2 nitrogen and oxygen atoms in total. The monoisotopic (exact) mass is 295 g/mol. The van der Waals surface area contributed by atoms with Crippen molar-refractivity contribution in [3.8, 4) is 11.3 Å². The molecule has 1 aromatic carbocycles. The highest BCUT2D eigenvalue weighted by Crippen LogP contribution is 2.30. The zero-order chi connectivity index (χ0) is 11.7. The maximum atomic E-state index is 5.56. The Morgan fingerprint density at radius 3 is 2.62 bits per heavy atom. The van der Waals surface area contributed by atoms with Crippen molar-refractivity contribution in [2.75, 3.05) is 0 Å². The second-order valence-electron chi connectivity index (χ2n) is 3.51. The van der Waals surface area contributed by atoms with E-state index in [2.05, 4.69) is 15.9 Å². The third kappa shape index (κ3) is 2.18. The van der Waals surface area contributed by atoms with E-state index < -0.39 is 0 Å². The van der Waals surface area contributed by atoms with E-state index in [1.807, 2.05) is 31.2 Å². The summed E-state index contributed by atoms with van der Waals surface area (Å²) in [7, 11) is 0. The molecule has 4 heteroatoms. The minimum Gasteiger partial charge on any atom is -0.454 e. The predicted octanol–water partition coefficient (Wildman–Crippen LogP) is 3.65. The number of furan rings is 1. The zero-order valence-electron chi connectivity index (χ0n) is 8.66. The minimum atomic E-state index is 0.273. The highest BCUT2D eigenvalue weighted by atomic mass is 79.9. The third-order valence-electron chi connectivity index (χ3n) is 2.24. The van der Waals surface area contributed by atoms with Gasteiger partial charge in [0.05, 0.1) is 0 Å². The van der Waals surface area contributed by atoms with Gasteiger partial charge in [-0.1, -0.05) is 34.2 Å². The fourth-order valence-corrected chi connectivity index (χ4v) is 2.23. The number of hydrogen-bond acceptors (Lipinski definition) is 2. The van der Waals surface area contributed by atoms with Gasteiger partial charge in [-0.3, -0.25) is 0 Å². The second kappa shape index (κ2) is 4.39. The Morgan fingerprint density at radius 1 is 1.31 bits per heavy atom. The summed E-state index contributed by atoms with van der Waals surface area (Å²) in [6.07, 6.45) is 0. The van der Waals surface area contributed by atoms with E-state index in [9.17, 15) is 0 Å². The van der Waals surface area contributed by atoms with Crippen LogP contribution in [0.25, 0.3) is 11.3 Å². The molecule has 82 valence electrons. The van der Waals surface area contributed by atoms with Crippen molar-refractivity contribution < 1.29 is 4.42 Å². The molecule has 0 atom stereocenters. The van der Waals surface area contributed by atoms with Gasteiger partial charge in [0.2, 0.25) is 0 Å². The SMILES string of the molecule is Cc1ccc(-c2ccc(C(N)=S)o2)c(Br)c1. The molecule has 0 aliphatic heterocycles. The predicted molar refractivity (Wildman–Crippen MR) is 72.5 cm³/mol.